The SMILES string of the molecule is CCCCCCCCCCCCCCCC(=O)OC(=O)[C@H](O)[C@@H](O)[C@H](O)[C@H](O)CO. The highest BCUT2D eigenvalue weighted by Crippen LogP contribution is 2.13. The van der Waals surface area contributed by atoms with Gasteiger partial charge in [-0.3, -0.25) is 4.79 Å². The van der Waals surface area contributed by atoms with Crippen LogP contribution in [0.4, 0.5) is 0 Å². The first kappa shape index (κ1) is 28.9. The number of carbonyl (C=O) groups is 2. The molecule has 0 fully saturated rings. The van der Waals surface area contributed by atoms with E-state index in [1.807, 2.05) is 0 Å². The number of carbonyl (C=O) groups excluding carboxylic acids is 2. The summed E-state index contributed by atoms with van der Waals surface area (Å²) in [4.78, 5) is 23.3. The Bertz CT molecular complexity index is 443. The molecule has 0 radical (unpaired) electrons. The molecule has 8 nitrogen and oxygen atoms in total. The van der Waals surface area contributed by atoms with Gasteiger partial charge in [-0.25, -0.2) is 4.79 Å². The molecule has 0 aliphatic carbocycles. The number of ether oxygens (including phenoxy) is 1. The summed E-state index contributed by atoms with van der Waals surface area (Å²) in [6, 6.07) is 0. The molecule has 5 N–H and O–H groups in total. The second kappa shape index (κ2) is 18.7. The Kier molecular flexibility index (Phi) is 18.0. The van der Waals surface area contributed by atoms with Crippen LogP contribution in [0.25, 0.3) is 0 Å². The molecule has 0 spiro atoms. The number of unbranched alkanes of at least 4 members (excludes halogenated alkanes) is 12. The predicted molar refractivity (Wildman–Crippen MR) is 113 cm³/mol. The topological polar surface area (TPSA) is 145 Å². The Morgan fingerprint density at radius 1 is 0.700 bits per heavy atom. The van der Waals surface area contributed by atoms with E-state index in [9.17, 15) is 30.0 Å². The van der Waals surface area contributed by atoms with E-state index in [1.54, 1.807) is 0 Å². The van der Waals surface area contributed by atoms with Crippen molar-refractivity contribution in [1.82, 2.24) is 0 Å². The maximum atomic E-state index is 11.7. The van der Waals surface area contributed by atoms with Crippen LogP contribution in [-0.2, 0) is 14.3 Å². The number of esters is 2. The quantitative estimate of drug-likeness (QED) is 0.118. The van der Waals surface area contributed by atoms with Crippen molar-refractivity contribution in [3.05, 3.63) is 0 Å². The number of rotatable bonds is 19. The molecule has 0 aromatic heterocycles. The number of hydrogen-bond donors (Lipinski definition) is 5. The second-order valence-electron chi connectivity index (χ2n) is 7.96. The predicted octanol–water partition coefficient (Wildman–Crippen LogP) is 1.97. The monoisotopic (exact) mass is 434 g/mol. The van der Waals surface area contributed by atoms with Crippen molar-refractivity contribution in [3.8, 4) is 0 Å². The standard InChI is InChI=1S/C22H42O8/c1-2-3-4-5-6-7-8-9-10-11-12-13-14-15-18(25)30-22(29)21(28)20(27)19(26)17(24)16-23/h17,19-21,23-24,26-28H,2-16H2,1H3/t17-,19-,20+,21-/m1/s1. The minimum atomic E-state index is -2.20. The normalized spacial score (nSPS) is 15.4. The average Bonchev–Trinajstić information content (AvgIpc) is 2.74. The highest BCUT2D eigenvalue weighted by atomic mass is 16.6. The van der Waals surface area contributed by atoms with Crippen molar-refractivity contribution >= 4 is 11.9 Å². The lowest BCUT2D eigenvalue weighted by atomic mass is 10.0. The summed E-state index contributed by atoms with van der Waals surface area (Å²) in [5, 5.41) is 46.6. The van der Waals surface area contributed by atoms with Gasteiger partial charge in [0.05, 0.1) is 6.61 Å². The van der Waals surface area contributed by atoms with Gasteiger partial charge in [0.15, 0.2) is 6.10 Å². The van der Waals surface area contributed by atoms with E-state index in [4.69, 9.17) is 5.11 Å². The zero-order valence-corrected chi connectivity index (χ0v) is 18.4. The van der Waals surface area contributed by atoms with Gasteiger partial charge >= 0.3 is 11.9 Å². The van der Waals surface area contributed by atoms with Gasteiger partial charge in [-0.05, 0) is 6.42 Å². The van der Waals surface area contributed by atoms with Gasteiger partial charge < -0.3 is 30.3 Å². The lowest BCUT2D eigenvalue weighted by molar-refractivity contribution is -0.176. The summed E-state index contributed by atoms with van der Waals surface area (Å²) in [5.74, 6) is -2.21. The highest BCUT2D eigenvalue weighted by Gasteiger charge is 2.35. The van der Waals surface area contributed by atoms with Gasteiger partial charge in [-0.2, -0.15) is 0 Å². The number of aliphatic hydroxyl groups is 5. The van der Waals surface area contributed by atoms with E-state index < -0.39 is 43.0 Å². The summed E-state index contributed by atoms with van der Waals surface area (Å²) in [5.41, 5.74) is 0. The fraction of sp³-hybridized carbons (Fsp3) is 0.909. The van der Waals surface area contributed by atoms with Crippen molar-refractivity contribution in [3.63, 3.8) is 0 Å². The van der Waals surface area contributed by atoms with Crippen LogP contribution in [0.15, 0.2) is 0 Å². The summed E-state index contributed by atoms with van der Waals surface area (Å²) in [6.45, 7) is 1.36. The summed E-state index contributed by atoms with van der Waals surface area (Å²) in [7, 11) is 0. The fourth-order valence-electron chi connectivity index (χ4n) is 3.17. The van der Waals surface area contributed by atoms with Crippen molar-refractivity contribution in [2.45, 2.75) is 121 Å². The van der Waals surface area contributed by atoms with Crippen LogP contribution >= 0.6 is 0 Å². The average molecular weight is 435 g/mol. The third-order valence-corrected chi connectivity index (χ3v) is 5.20. The van der Waals surface area contributed by atoms with Gasteiger partial charge in [-0.1, -0.05) is 84.0 Å². The minimum Gasteiger partial charge on any atom is -0.394 e. The Balaban J connectivity index is 3.70. The molecule has 0 aliphatic heterocycles. The van der Waals surface area contributed by atoms with E-state index in [0.29, 0.717) is 6.42 Å². The molecule has 0 rings (SSSR count). The molecule has 0 aliphatic rings. The maximum Gasteiger partial charge on any atom is 0.345 e. The molecule has 0 heterocycles. The fourth-order valence-corrected chi connectivity index (χ4v) is 3.17. The van der Waals surface area contributed by atoms with Crippen LogP contribution in [0.1, 0.15) is 96.8 Å². The lowest BCUT2D eigenvalue weighted by Gasteiger charge is -2.24. The molecule has 0 bridgehead atoms. The van der Waals surface area contributed by atoms with Gasteiger partial charge in [-0.15, -0.1) is 0 Å². The number of hydrogen-bond acceptors (Lipinski definition) is 8. The van der Waals surface area contributed by atoms with Crippen LogP contribution < -0.4 is 0 Å². The Morgan fingerprint density at radius 2 is 1.13 bits per heavy atom. The largest absolute Gasteiger partial charge is 0.394 e. The zero-order chi connectivity index (χ0) is 22.8. The zero-order valence-electron chi connectivity index (χ0n) is 18.4. The molecule has 0 saturated carbocycles. The van der Waals surface area contributed by atoms with Crippen LogP contribution in [0, 0.1) is 0 Å². The van der Waals surface area contributed by atoms with E-state index in [1.165, 1.54) is 57.8 Å². The lowest BCUT2D eigenvalue weighted by Crippen LogP contribution is -2.49. The molecule has 178 valence electrons. The van der Waals surface area contributed by atoms with Crippen molar-refractivity contribution in [2.75, 3.05) is 6.61 Å². The summed E-state index contributed by atoms with van der Waals surface area (Å²) >= 11 is 0. The van der Waals surface area contributed by atoms with Crippen LogP contribution in [-0.4, -0.2) is 68.5 Å². The second-order valence-corrected chi connectivity index (χ2v) is 7.96. The molecule has 0 amide bonds. The van der Waals surface area contributed by atoms with Gasteiger partial charge in [0.25, 0.3) is 0 Å². The summed E-state index contributed by atoms with van der Waals surface area (Å²) in [6.07, 6.45) is 7.21. The minimum absolute atomic E-state index is 0.0220. The number of aliphatic hydroxyl groups excluding tert-OH is 5. The first-order chi connectivity index (χ1) is 14.3. The first-order valence-electron chi connectivity index (χ1n) is 11.4. The summed E-state index contributed by atoms with van der Waals surface area (Å²) < 4.78 is 4.46. The third kappa shape index (κ3) is 14.0. The molecule has 0 aromatic rings. The Labute approximate surface area is 180 Å². The molecular weight excluding hydrogens is 392 g/mol. The van der Waals surface area contributed by atoms with E-state index in [-0.39, 0.29) is 6.42 Å². The van der Waals surface area contributed by atoms with Crippen LogP contribution in [0.3, 0.4) is 0 Å². The molecule has 0 saturated heterocycles. The van der Waals surface area contributed by atoms with E-state index >= 15 is 0 Å². The smallest absolute Gasteiger partial charge is 0.345 e. The Morgan fingerprint density at radius 3 is 1.57 bits per heavy atom. The highest BCUT2D eigenvalue weighted by molar-refractivity contribution is 5.88. The first-order valence-corrected chi connectivity index (χ1v) is 11.4. The van der Waals surface area contributed by atoms with Crippen LogP contribution in [0.5, 0.6) is 0 Å². The molecule has 4 atom stereocenters. The van der Waals surface area contributed by atoms with E-state index in [0.717, 1.165) is 19.3 Å². The molecular formula is C22H42O8. The van der Waals surface area contributed by atoms with E-state index in [2.05, 4.69) is 11.7 Å². The van der Waals surface area contributed by atoms with Crippen molar-refractivity contribution in [1.29, 1.82) is 0 Å². The maximum absolute atomic E-state index is 11.7. The van der Waals surface area contributed by atoms with Crippen molar-refractivity contribution in [2.24, 2.45) is 0 Å². The molecule has 0 unspecified atom stereocenters. The van der Waals surface area contributed by atoms with Gasteiger partial charge in [0.2, 0.25) is 0 Å². The van der Waals surface area contributed by atoms with Gasteiger partial charge in [0.1, 0.15) is 18.3 Å². The third-order valence-electron chi connectivity index (χ3n) is 5.20. The molecule has 30 heavy (non-hydrogen) atoms. The molecule has 8 heteroatoms. The van der Waals surface area contributed by atoms with Crippen LogP contribution in [0.2, 0.25) is 0 Å². The van der Waals surface area contributed by atoms with Crippen molar-refractivity contribution < 1.29 is 39.9 Å². The Hall–Kier alpha value is -1.06. The van der Waals surface area contributed by atoms with Gasteiger partial charge in [0, 0.05) is 6.42 Å². The molecule has 0 aromatic carbocycles.